The fourth-order valence-corrected chi connectivity index (χ4v) is 1.25. The molecule has 0 amide bonds. The lowest BCUT2D eigenvalue weighted by molar-refractivity contribution is 0.0522. The second-order valence-electron chi connectivity index (χ2n) is 1.83. The van der Waals surface area contributed by atoms with Crippen LogP contribution in [0.5, 0.6) is 0 Å². The molecule has 0 fully saturated rings. The van der Waals surface area contributed by atoms with Crippen molar-refractivity contribution >= 4 is 17.3 Å². The highest BCUT2D eigenvalue weighted by atomic mass is 32.1. The van der Waals surface area contributed by atoms with Gasteiger partial charge in [0.2, 0.25) is 0 Å². The van der Waals surface area contributed by atoms with Crippen LogP contribution in [0.2, 0.25) is 0 Å². The summed E-state index contributed by atoms with van der Waals surface area (Å²) in [7, 11) is 0. The lowest BCUT2D eigenvalue weighted by atomic mass is 10.3. The molecule has 0 radical (unpaired) electrons. The molecule has 1 aromatic heterocycles. The van der Waals surface area contributed by atoms with Crippen LogP contribution in [-0.4, -0.2) is 12.6 Å². The Morgan fingerprint density at radius 1 is 1.82 bits per heavy atom. The molecule has 1 rings (SSSR count). The molecule has 0 aromatic carbocycles. The summed E-state index contributed by atoms with van der Waals surface area (Å²) < 4.78 is 17.2. The van der Waals surface area contributed by atoms with Crippen molar-refractivity contribution in [1.29, 1.82) is 0 Å². The van der Waals surface area contributed by atoms with Crippen LogP contribution in [0.25, 0.3) is 0 Å². The van der Waals surface area contributed by atoms with Crippen LogP contribution in [0.4, 0.5) is 4.39 Å². The highest BCUT2D eigenvalue weighted by molar-refractivity contribution is 7.08. The largest absolute Gasteiger partial charge is 0.462 e. The van der Waals surface area contributed by atoms with Crippen LogP contribution < -0.4 is 0 Å². The average molecular weight is 174 g/mol. The van der Waals surface area contributed by atoms with Crippen molar-refractivity contribution in [3.05, 3.63) is 22.1 Å². The first kappa shape index (κ1) is 8.20. The van der Waals surface area contributed by atoms with Gasteiger partial charge < -0.3 is 4.74 Å². The van der Waals surface area contributed by atoms with Crippen LogP contribution in [0.15, 0.2) is 11.4 Å². The number of esters is 1. The zero-order valence-corrected chi connectivity index (χ0v) is 6.78. The van der Waals surface area contributed by atoms with Gasteiger partial charge in [0.1, 0.15) is 5.56 Å². The van der Waals surface area contributed by atoms with Crippen molar-refractivity contribution < 1.29 is 13.9 Å². The smallest absolute Gasteiger partial charge is 0.342 e. The summed E-state index contributed by atoms with van der Waals surface area (Å²) in [4.78, 5) is 10.9. The third-order valence-corrected chi connectivity index (χ3v) is 1.81. The second kappa shape index (κ2) is 3.48. The predicted octanol–water partition coefficient (Wildman–Crippen LogP) is 2.06. The van der Waals surface area contributed by atoms with Gasteiger partial charge >= 0.3 is 5.97 Å². The van der Waals surface area contributed by atoms with E-state index in [0.717, 1.165) is 11.3 Å². The fraction of sp³-hybridized carbons (Fsp3) is 0.286. The Morgan fingerprint density at radius 3 is 3.00 bits per heavy atom. The normalized spacial score (nSPS) is 9.64. The number of carbonyl (C=O) groups is 1. The molecular weight excluding hydrogens is 167 g/mol. The van der Waals surface area contributed by atoms with Crippen LogP contribution in [0.3, 0.4) is 0 Å². The van der Waals surface area contributed by atoms with Crippen LogP contribution in [0, 0.1) is 5.13 Å². The molecule has 2 nitrogen and oxygen atoms in total. The Labute approximate surface area is 67.6 Å². The first-order chi connectivity index (χ1) is 5.25. The molecule has 0 saturated heterocycles. The van der Waals surface area contributed by atoms with Gasteiger partial charge in [0.15, 0.2) is 5.13 Å². The number of rotatable bonds is 2. The van der Waals surface area contributed by atoms with Gasteiger partial charge in [0.25, 0.3) is 0 Å². The summed E-state index contributed by atoms with van der Waals surface area (Å²) in [6.07, 6.45) is 0. The van der Waals surface area contributed by atoms with E-state index in [1.165, 1.54) is 11.4 Å². The molecule has 11 heavy (non-hydrogen) atoms. The minimum absolute atomic E-state index is 0.0249. The maximum atomic E-state index is 12.6. The molecule has 0 N–H and O–H groups in total. The van der Waals surface area contributed by atoms with Crippen molar-refractivity contribution in [3.63, 3.8) is 0 Å². The van der Waals surface area contributed by atoms with Crippen LogP contribution >= 0.6 is 11.3 Å². The average Bonchev–Trinajstić information content (AvgIpc) is 2.36. The number of thiophene rings is 1. The van der Waals surface area contributed by atoms with Gasteiger partial charge in [-0.15, -0.1) is 11.3 Å². The molecule has 0 atom stereocenters. The maximum absolute atomic E-state index is 12.6. The van der Waals surface area contributed by atoms with Crippen molar-refractivity contribution in [3.8, 4) is 0 Å². The van der Waals surface area contributed by atoms with Gasteiger partial charge in [0.05, 0.1) is 6.61 Å². The molecule has 0 unspecified atom stereocenters. The third kappa shape index (κ3) is 1.77. The highest BCUT2D eigenvalue weighted by Crippen LogP contribution is 2.14. The number of carbonyl (C=O) groups excluding carboxylic acids is 1. The van der Waals surface area contributed by atoms with E-state index < -0.39 is 11.1 Å². The lowest BCUT2D eigenvalue weighted by Crippen LogP contribution is -2.04. The van der Waals surface area contributed by atoms with E-state index >= 15 is 0 Å². The SMILES string of the molecule is CCOC(=O)c1ccsc1F. The summed E-state index contributed by atoms with van der Waals surface area (Å²) in [6, 6.07) is 1.41. The van der Waals surface area contributed by atoms with Crippen LogP contribution in [0.1, 0.15) is 17.3 Å². The highest BCUT2D eigenvalue weighted by Gasteiger charge is 2.12. The van der Waals surface area contributed by atoms with Crippen molar-refractivity contribution in [2.75, 3.05) is 6.61 Å². The quantitative estimate of drug-likeness (QED) is 0.641. The molecule has 1 aromatic rings. The van der Waals surface area contributed by atoms with E-state index in [2.05, 4.69) is 4.74 Å². The van der Waals surface area contributed by atoms with E-state index in [9.17, 15) is 9.18 Å². The second-order valence-corrected chi connectivity index (χ2v) is 2.69. The zero-order chi connectivity index (χ0) is 8.27. The molecule has 0 bridgehead atoms. The number of ether oxygens (including phenoxy) is 1. The topological polar surface area (TPSA) is 26.3 Å². The summed E-state index contributed by atoms with van der Waals surface area (Å²) >= 11 is 0.891. The molecular formula is C7H7FO2S. The molecule has 0 saturated carbocycles. The summed E-state index contributed by atoms with van der Waals surface area (Å²) in [5.74, 6) is -0.591. The van der Waals surface area contributed by atoms with Gasteiger partial charge in [-0.2, -0.15) is 4.39 Å². The first-order valence-corrected chi connectivity index (χ1v) is 4.03. The minimum atomic E-state index is -0.591. The molecule has 0 spiro atoms. The summed E-state index contributed by atoms with van der Waals surface area (Å²) in [5, 5.41) is 1.03. The maximum Gasteiger partial charge on any atom is 0.342 e. The zero-order valence-electron chi connectivity index (χ0n) is 5.96. The Bertz CT molecular complexity index is 257. The van der Waals surface area contributed by atoms with Gasteiger partial charge in [0, 0.05) is 0 Å². The van der Waals surface area contributed by atoms with E-state index in [0.29, 0.717) is 0 Å². The number of halogens is 1. The monoisotopic (exact) mass is 174 g/mol. The minimum Gasteiger partial charge on any atom is -0.462 e. The van der Waals surface area contributed by atoms with E-state index in [1.54, 1.807) is 6.92 Å². The standard InChI is InChI=1S/C7H7FO2S/c1-2-10-7(9)5-3-4-11-6(5)8/h3-4H,2H2,1H3. The van der Waals surface area contributed by atoms with E-state index in [4.69, 9.17) is 0 Å². The Kier molecular flexibility index (Phi) is 2.59. The van der Waals surface area contributed by atoms with Gasteiger partial charge in [-0.3, -0.25) is 0 Å². The lowest BCUT2D eigenvalue weighted by Gasteiger charge is -1.97. The van der Waals surface area contributed by atoms with E-state index in [-0.39, 0.29) is 12.2 Å². The fourth-order valence-electron chi connectivity index (χ4n) is 0.648. The molecule has 4 heteroatoms. The number of hydrogen-bond acceptors (Lipinski definition) is 3. The van der Waals surface area contributed by atoms with Crippen molar-refractivity contribution in [2.45, 2.75) is 6.92 Å². The Balaban J connectivity index is 2.76. The van der Waals surface area contributed by atoms with Gasteiger partial charge in [-0.25, -0.2) is 4.79 Å². The summed E-state index contributed by atoms with van der Waals surface area (Å²) in [6.45, 7) is 1.95. The molecule has 1 heterocycles. The summed E-state index contributed by atoms with van der Waals surface area (Å²) in [5.41, 5.74) is 0.0249. The van der Waals surface area contributed by atoms with Crippen molar-refractivity contribution in [2.24, 2.45) is 0 Å². The van der Waals surface area contributed by atoms with E-state index in [1.807, 2.05) is 0 Å². The predicted molar refractivity (Wildman–Crippen MR) is 40.2 cm³/mol. The molecule has 0 aliphatic carbocycles. The Hall–Kier alpha value is -0.900. The Morgan fingerprint density at radius 2 is 2.55 bits per heavy atom. The van der Waals surface area contributed by atoms with Crippen LogP contribution in [-0.2, 0) is 4.74 Å². The van der Waals surface area contributed by atoms with Crippen molar-refractivity contribution in [1.82, 2.24) is 0 Å². The number of hydrogen-bond donors (Lipinski definition) is 0. The van der Waals surface area contributed by atoms with Gasteiger partial charge in [-0.05, 0) is 18.4 Å². The van der Waals surface area contributed by atoms with Gasteiger partial charge in [-0.1, -0.05) is 0 Å². The molecule has 60 valence electrons. The molecule has 0 aliphatic heterocycles. The molecule has 0 aliphatic rings. The third-order valence-electron chi connectivity index (χ3n) is 1.11. The first-order valence-electron chi connectivity index (χ1n) is 3.15.